The first-order valence-corrected chi connectivity index (χ1v) is 6.29. The van der Waals surface area contributed by atoms with Crippen LogP contribution in [0.3, 0.4) is 0 Å². The molecule has 6 nitrogen and oxygen atoms in total. The number of benzene rings is 1. The maximum absolute atomic E-state index is 8.61. The zero-order valence-corrected chi connectivity index (χ0v) is 11.5. The molecule has 0 atom stereocenters. The van der Waals surface area contributed by atoms with E-state index < -0.39 is 0 Å². The van der Waals surface area contributed by atoms with Crippen molar-refractivity contribution in [3.8, 4) is 11.8 Å². The van der Waals surface area contributed by atoms with Gasteiger partial charge >= 0.3 is 6.01 Å². The van der Waals surface area contributed by atoms with Gasteiger partial charge in [-0.05, 0) is 36.2 Å². The molecular weight excluding hydrogens is 280 g/mol. The van der Waals surface area contributed by atoms with Gasteiger partial charge in [-0.3, -0.25) is 0 Å². The summed E-state index contributed by atoms with van der Waals surface area (Å²) < 4.78 is 5.54. The number of nitrogens with two attached hydrogens (primary N) is 1. The molecular formula is C13H13ClN4O2. The number of aryl methyl sites for hydroxylation is 1. The fraction of sp³-hybridized carbons (Fsp3) is 0.154. The predicted octanol–water partition coefficient (Wildman–Crippen LogP) is 2.58. The lowest BCUT2D eigenvalue weighted by molar-refractivity contribution is 0.318. The van der Waals surface area contributed by atoms with E-state index in [4.69, 9.17) is 27.3 Å². The van der Waals surface area contributed by atoms with Gasteiger partial charge in [-0.15, -0.1) is 0 Å². The first-order valence-electron chi connectivity index (χ1n) is 5.91. The van der Waals surface area contributed by atoms with Crippen molar-refractivity contribution in [3.05, 3.63) is 46.7 Å². The highest BCUT2D eigenvalue weighted by Crippen LogP contribution is 2.25. The standard InChI is InChI=1S/C13H13ClN4O2/c1-2-8-7-9(3-4-10(8)14)20-13-16-6-5-11(17-13)12(15)18-19/h3-7,19H,2H2,1H3,(H2,15,18). The second kappa shape index (κ2) is 6.21. The maximum Gasteiger partial charge on any atom is 0.322 e. The summed E-state index contributed by atoms with van der Waals surface area (Å²) in [4.78, 5) is 8.01. The van der Waals surface area contributed by atoms with E-state index in [1.54, 1.807) is 12.1 Å². The van der Waals surface area contributed by atoms with Crippen molar-refractivity contribution in [3.63, 3.8) is 0 Å². The summed E-state index contributed by atoms with van der Waals surface area (Å²) in [6.45, 7) is 2.00. The van der Waals surface area contributed by atoms with E-state index in [0.29, 0.717) is 10.8 Å². The van der Waals surface area contributed by atoms with Gasteiger partial charge in [-0.1, -0.05) is 23.7 Å². The second-order valence-electron chi connectivity index (χ2n) is 3.92. The summed E-state index contributed by atoms with van der Waals surface area (Å²) in [6.07, 6.45) is 2.26. The molecule has 7 heteroatoms. The predicted molar refractivity (Wildman–Crippen MR) is 75.4 cm³/mol. The molecule has 0 saturated carbocycles. The van der Waals surface area contributed by atoms with Crippen LogP contribution in [0.2, 0.25) is 5.02 Å². The van der Waals surface area contributed by atoms with Crippen LogP contribution < -0.4 is 10.5 Å². The van der Waals surface area contributed by atoms with Crippen molar-refractivity contribution in [2.75, 3.05) is 0 Å². The number of rotatable bonds is 4. The minimum absolute atomic E-state index is 0.109. The van der Waals surface area contributed by atoms with Crippen LogP contribution >= 0.6 is 11.6 Å². The number of ether oxygens (including phenoxy) is 1. The number of hydrogen-bond donors (Lipinski definition) is 2. The number of halogens is 1. The van der Waals surface area contributed by atoms with Gasteiger partial charge in [0, 0.05) is 11.2 Å². The normalized spacial score (nSPS) is 11.4. The number of aromatic nitrogens is 2. The Bertz CT molecular complexity index is 646. The lowest BCUT2D eigenvalue weighted by atomic mass is 10.1. The molecule has 2 aromatic rings. The van der Waals surface area contributed by atoms with Crippen molar-refractivity contribution < 1.29 is 9.94 Å². The molecule has 2 rings (SSSR count). The van der Waals surface area contributed by atoms with Crippen LogP contribution in [0.1, 0.15) is 18.2 Å². The Labute approximate surface area is 120 Å². The Morgan fingerprint density at radius 2 is 2.25 bits per heavy atom. The van der Waals surface area contributed by atoms with Gasteiger partial charge in [0.2, 0.25) is 0 Å². The zero-order chi connectivity index (χ0) is 14.5. The smallest absolute Gasteiger partial charge is 0.322 e. The van der Waals surface area contributed by atoms with Gasteiger partial charge in [0.1, 0.15) is 11.4 Å². The Morgan fingerprint density at radius 1 is 1.45 bits per heavy atom. The molecule has 0 fully saturated rings. The quantitative estimate of drug-likeness (QED) is 0.391. The van der Waals surface area contributed by atoms with Crippen molar-refractivity contribution in [1.29, 1.82) is 0 Å². The van der Waals surface area contributed by atoms with E-state index in [0.717, 1.165) is 12.0 Å². The van der Waals surface area contributed by atoms with Gasteiger partial charge in [0.25, 0.3) is 0 Å². The molecule has 1 aromatic carbocycles. The monoisotopic (exact) mass is 292 g/mol. The van der Waals surface area contributed by atoms with Crippen LogP contribution in [0.4, 0.5) is 0 Å². The highest BCUT2D eigenvalue weighted by molar-refractivity contribution is 6.31. The largest absolute Gasteiger partial charge is 0.424 e. The van der Waals surface area contributed by atoms with Crippen LogP contribution in [-0.4, -0.2) is 21.0 Å². The SMILES string of the molecule is CCc1cc(Oc2nccc(/C(N)=N/O)n2)ccc1Cl. The first-order chi connectivity index (χ1) is 9.63. The van der Waals surface area contributed by atoms with E-state index in [9.17, 15) is 0 Å². The van der Waals surface area contributed by atoms with Gasteiger partial charge in [-0.25, -0.2) is 4.98 Å². The lowest BCUT2D eigenvalue weighted by Gasteiger charge is -2.07. The van der Waals surface area contributed by atoms with Crippen molar-refractivity contribution in [2.45, 2.75) is 13.3 Å². The summed E-state index contributed by atoms with van der Waals surface area (Å²) in [7, 11) is 0. The minimum Gasteiger partial charge on any atom is -0.424 e. The van der Waals surface area contributed by atoms with Gasteiger partial charge in [-0.2, -0.15) is 4.98 Å². The number of oxime groups is 1. The first kappa shape index (κ1) is 14.1. The summed E-state index contributed by atoms with van der Waals surface area (Å²) >= 11 is 6.04. The van der Waals surface area contributed by atoms with Crippen molar-refractivity contribution >= 4 is 17.4 Å². The van der Waals surface area contributed by atoms with Crippen LogP contribution in [0.15, 0.2) is 35.6 Å². The number of nitrogens with zero attached hydrogens (tertiary/aromatic N) is 3. The maximum atomic E-state index is 8.61. The molecule has 0 bridgehead atoms. The van der Waals surface area contributed by atoms with E-state index in [2.05, 4.69) is 15.1 Å². The van der Waals surface area contributed by atoms with E-state index >= 15 is 0 Å². The average molecular weight is 293 g/mol. The Hall–Kier alpha value is -2.34. The fourth-order valence-electron chi connectivity index (χ4n) is 1.57. The Morgan fingerprint density at radius 3 is 2.95 bits per heavy atom. The minimum atomic E-state index is -0.109. The van der Waals surface area contributed by atoms with Crippen LogP contribution in [0, 0.1) is 0 Å². The van der Waals surface area contributed by atoms with Gasteiger partial charge in [0.15, 0.2) is 5.84 Å². The van der Waals surface area contributed by atoms with Crippen LogP contribution in [-0.2, 0) is 6.42 Å². The Balaban J connectivity index is 2.26. The molecule has 1 aromatic heterocycles. The molecule has 0 spiro atoms. The molecule has 0 saturated heterocycles. The molecule has 3 N–H and O–H groups in total. The highest BCUT2D eigenvalue weighted by atomic mass is 35.5. The van der Waals surface area contributed by atoms with E-state index in [1.165, 1.54) is 12.3 Å². The van der Waals surface area contributed by atoms with E-state index in [1.807, 2.05) is 13.0 Å². The number of amidine groups is 1. The summed E-state index contributed by atoms with van der Waals surface area (Å²) in [5.41, 5.74) is 6.71. The Kier molecular flexibility index (Phi) is 4.37. The molecule has 0 aliphatic rings. The van der Waals surface area contributed by atoms with Gasteiger partial charge in [0.05, 0.1) is 0 Å². The summed E-state index contributed by atoms with van der Waals surface area (Å²) in [6, 6.07) is 6.92. The zero-order valence-electron chi connectivity index (χ0n) is 10.7. The number of hydrogen-bond acceptors (Lipinski definition) is 5. The third-order valence-electron chi connectivity index (χ3n) is 2.61. The third kappa shape index (κ3) is 3.16. The highest BCUT2D eigenvalue weighted by Gasteiger charge is 2.07. The molecule has 104 valence electrons. The second-order valence-corrected chi connectivity index (χ2v) is 4.33. The lowest BCUT2D eigenvalue weighted by Crippen LogP contribution is -2.15. The fourth-order valence-corrected chi connectivity index (χ4v) is 1.83. The van der Waals surface area contributed by atoms with Crippen LogP contribution in [0.5, 0.6) is 11.8 Å². The van der Waals surface area contributed by atoms with Crippen molar-refractivity contribution in [2.24, 2.45) is 10.9 Å². The molecule has 0 aliphatic heterocycles. The molecule has 0 aliphatic carbocycles. The van der Waals surface area contributed by atoms with Gasteiger partial charge < -0.3 is 15.7 Å². The average Bonchev–Trinajstić information content (AvgIpc) is 2.48. The molecule has 0 unspecified atom stereocenters. The molecule has 1 heterocycles. The van der Waals surface area contributed by atoms with E-state index in [-0.39, 0.29) is 17.5 Å². The van der Waals surface area contributed by atoms with Crippen molar-refractivity contribution in [1.82, 2.24) is 9.97 Å². The summed E-state index contributed by atoms with van der Waals surface area (Å²) in [5, 5.41) is 12.2. The van der Waals surface area contributed by atoms with Crippen LogP contribution in [0.25, 0.3) is 0 Å². The molecule has 20 heavy (non-hydrogen) atoms. The topological polar surface area (TPSA) is 93.6 Å². The third-order valence-corrected chi connectivity index (χ3v) is 2.98. The summed E-state index contributed by atoms with van der Waals surface area (Å²) in [5.74, 6) is 0.463. The molecule has 0 amide bonds. The molecule has 0 radical (unpaired) electrons.